The lowest BCUT2D eigenvalue weighted by Gasteiger charge is -2.22. The number of aromatic nitrogens is 2. The van der Waals surface area contributed by atoms with Crippen LogP contribution in [0.5, 0.6) is 0 Å². The molecule has 1 unspecified atom stereocenters. The minimum absolute atomic E-state index is 0.0752. The first-order chi connectivity index (χ1) is 8.59. The second-order valence-electron chi connectivity index (χ2n) is 4.73. The Morgan fingerprint density at radius 2 is 2.50 bits per heavy atom. The number of rotatable bonds is 4. The topological polar surface area (TPSA) is 46.9 Å². The zero-order valence-corrected chi connectivity index (χ0v) is 12.2. The quantitative estimate of drug-likeness (QED) is 0.864. The Kier molecular flexibility index (Phi) is 4.70. The van der Waals surface area contributed by atoms with Crippen LogP contribution in [0, 0.1) is 0 Å². The predicted molar refractivity (Wildman–Crippen MR) is 75.7 cm³/mol. The molecule has 4 nitrogen and oxygen atoms in total. The Morgan fingerprint density at radius 3 is 3.11 bits per heavy atom. The van der Waals surface area contributed by atoms with Crippen molar-refractivity contribution in [2.45, 2.75) is 32.4 Å². The van der Waals surface area contributed by atoms with Crippen molar-refractivity contribution in [1.82, 2.24) is 15.1 Å². The Hall–Kier alpha value is -0.520. The molecule has 0 amide bonds. The third-order valence-corrected chi connectivity index (χ3v) is 4.34. The molecule has 1 atom stereocenters. The molecule has 0 bridgehead atoms. The zero-order chi connectivity index (χ0) is 13.1. The van der Waals surface area contributed by atoms with E-state index in [1.54, 1.807) is 10.9 Å². The van der Waals surface area contributed by atoms with Gasteiger partial charge in [0.05, 0.1) is 11.2 Å². The zero-order valence-electron chi connectivity index (χ0n) is 10.6. The normalized spacial score (nSPS) is 20.3. The van der Waals surface area contributed by atoms with E-state index in [1.165, 1.54) is 0 Å². The van der Waals surface area contributed by atoms with E-state index in [-0.39, 0.29) is 17.9 Å². The largest absolute Gasteiger partial charge is 0.312 e. The molecule has 1 N–H and O–H groups in total. The van der Waals surface area contributed by atoms with Gasteiger partial charge in [0.2, 0.25) is 0 Å². The van der Waals surface area contributed by atoms with Gasteiger partial charge in [-0.25, -0.2) is 0 Å². The molecular weight excluding hydrogens is 270 g/mol. The van der Waals surface area contributed by atoms with Crippen molar-refractivity contribution in [2.24, 2.45) is 0 Å². The summed E-state index contributed by atoms with van der Waals surface area (Å²) in [6.07, 6.45) is 2.04. The molecule has 100 valence electrons. The molecule has 0 aromatic carbocycles. The van der Waals surface area contributed by atoms with Crippen molar-refractivity contribution in [1.29, 1.82) is 0 Å². The highest BCUT2D eigenvalue weighted by Gasteiger charge is 2.23. The Labute approximate surface area is 116 Å². The minimum atomic E-state index is 0.0752. The van der Waals surface area contributed by atoms with Crippen molar-refractivity contribution < 1.29 is 4.79 Å². The number of Topliss-reactive ketones (excluding diaryl/α,β-unsaturated/α-hetero) is 1. The summed E-state index contributed by atoms with van der Waals surface area (Å²) in [6, 6.07) is 0.396. The minimum Gasteiger partial charge on any atom is -0.312 e. The van der Waals surface area contributed by atoms with Gasteiger partial charge in [0.15, 0.2) is 5.78 Å². The second-order valence-corrected chi connectivity index (χ2v) is 6.29. The van der Waals surface area contributed by atoms with E-state index in [2.05, 4.69) is 10.4 Å². The maximum Gasteiger partial charge on any atom is 0.183 e. The van der Waals surface area contributed by atoms with Gasteiger partial charge < -0.3 is 5.32 Å². The van der Waals surface area contributed by atoms with E-state index in [9.17, 15) is 4.79 Å². The summed E-state index contributed by atoms with van der Waals surface area (Å²) in [7, 11) is 0. The smallest absolute Gasteiger partial charge is 0.183 e. The first-order valence-corrected chi connectivity index (χ1v) is 7.70. The standard InChI is InChI=1S/C12H18ClN3OS/c1-8(2)16-12(10(13)6-15-16)11(17)5-9-7-18-4-3-14-9/h6,8-9,14H,3-5,7H2,1-2H3. The van der Waals surface area contributed by atoms with Crippen molar-refractivity contribution in [3.8, 4) is 0 Å². The van der Waals surface area contributed by atoms with Gasteiger partial charge in [0, 0.05) is 36.6 Å². The van der Waals surface area contributed by atoms with Gasteiger partial charge in [0.25, 0.3) is 0 Å². The van der Waals surface area contributed by atoms with E-state index in [0.29, 0.717) is 17.1 Å². The molecule has 18 heavy (non-hydrogen) atoms. The molecule has 0 spiro atoms. The van der Waals surface area contributed by atoms with Gasteiger partial charge in [0.1, 0.15) is 5.69 Å². The highest BCUT2D eigenvalue weighted by molar-refractivity contribution is 7.99. The Balaban J connectivity index is 2.10. The third-order valence-electron chi connectivity index (χ3n) is 2.93. The maximum atomic E-state index is 12.3. The molecule has 1 saturated heterocycles. The van der Waals surface area contributed by atoms with Gasteiger partial charge in [-0.2, -0.15) is 16.9 Å². The summed E-state index contributed by atoms with van der Waals surface area (Å²) >= 11 is 7.96. The maximum absolute atomic E-state index is 12.3. The molecule has 0 radical (unpaired) electrons. The lowest BCUT2D eigenvalue weighted by molar-refractivity contribution is 0.0960. The van der Waals surface area contributed by atoms with Crippen molar-refractivity contribution >= 4 is 29.1 Å². The van der Waals surface area contributed by atoms with Gasteiger partial charge >= 0.3 is 0 Å². The van der Waals surface area contributed by atoms with Crippen LogP contribution < -0.4 is 5.32 Å². The van der Waals surface area contributed by atoms with Crippen LogP contribution in [-0.2, 0) is 0 Å². The lowest BCUT2D eigenvalue weighted by Crippen LogP contribution is -2.39. The molecule has 1 aliphatic rings. The van der Waals surface area contributed by atoms with Gasteiger partial charge in [-0.3, -0.25) is 9.48 Å². The summed E-state index contributed by atoms with van der Waals surface area (Å²) < 4.78 is 1.71. The summed E-state index contributed by atoms with van der Waals surface area (Å²) in [6.45, 7) is 4.96. The number of carbonyl (C=O) groups excluding carboxylic acids is 1. The van der Waals surface area contributed by atoms with Crippen LogP contribution in [0.2, 0.25) is 5.02 Å². The van der Waals surface area contributed by atoms with Crippen LogP contribution in [-0.4, -0.2) is 39.7 Å². The van der Waals surface area contributed by atoms with Crippen LogP contribution >= 0.6 is 23.4 Å². The number of carbonyl (C=O) groups is 1. The monoisotopic (exact) mass is 287 g/mol. The van der Waals surface area contributed by atoms with Crippen LogP contribution in [0.15, 0.2) is 6.20 Å². The highest BCUT2D eigenvalue weighted by Crippen LogP contribution is 2.22. The van der Waals surface area contributed by atoms with Gasteiger partial charge in [-0.1, -0.05) is 11.6 Å². The molecule has 1 aliphatic heterocycles. The van der Waals surface area contributed by atoms with E-state index >= 15 is 0 Å². The van der Waals surface area contributed by atoms with E-state index in [4.69, 9.17) is 11.6 Å². The fourth-order valence-corrected chi connectivity index (χ4v) is 3.25. The average Bonchev–Trinajstić information content (AvgIpc) is 2.72. The van der Waals surface area contributed by atoms with E-state index in [0.717, 1.165) is 18.1 Å². The molecule has 1 fully saturated rings. The number of nitrogens with zero attached hydrogens (tertiary/aromatic N) is 2. The SMILES string of the molecule is CC(C)n1ncc(Cl)c1C(=O)CC1CSCCN1. The fourth-order valence-electron chi connectivity index (χ4n) is 2.06. The summed E-state index contributed by atoms with van der Waals surface area (Å²) in [4.78, 5) is 12.3. The van der Waals surface area contributed by atoms with Crippen LogP contribution in [0.3, 0.4) is 0 Å². The van der Waals surface area contributed by atoms with Gasteiger partial charge in [-0.05, 0) is 13.8 Å². The Bertz CT molecular complexity index is 427. The predicted octanol–water partition coefficient (Wildman–Crippen LogP) is 2.40. The molecule has 1 aromatic heterocycles. The number of nitrogens with one attached hydrogen (secondary N) is 1. The van der Waals surface area contributed by atoms with Gasteiger partial charge in [-0.15, -0.1) is 0 Å². The third kappa shape index (κ3) is 3.08. The molecule has 1 aromatic rings. The van der Waals surface area contributed by atoms with E-state index in [1.807, 2.05) is 25.6 Å². The summed E-state index contributed by atoms with van der Waals surface area (Å²) in [5.74, 6) is 2.18. The number of thioether (sulfide) groups is 1. The van der Waals surface area contributed by atoms with Crippen molar-refractivity contribution in [2.75, 3.05) is 18.1 Å². The average molecular weight is 288 g/mol. The van der Waals surface area contributed by atoms with Crippen molar-refractivity contribution in [3.05, 3.63) is 16.9 Å². The summed E-state index contributed by atoms with van der Waals surface area (Å²) in [5.41, 5.74) is 0.545. The molecular formula is C12H18ClN3OS. The number of halogens is 1. The number of ketones is 1. The lowest BCUT2D eigenvalue weighted by atomic mass is 10.1. The van der Waals surface area contributed by atoms with Crippen LogP contribution in [0.25, 0.3) is 0 Å². The van der Waals surface area contributed by atoms with E-state index < -0.39 is 0 Å². The molecule has 0 saturated carbocycles. The summed E-state index contributed by atoms with van der Waals surface area (Å²) in [5, 5.41) is 7.99. The first-order valence-electron chi connectivity index (χ1n) is 6.17. The first kappa shape index (κ1) is 13.9. The number of hydrogen-bond acceptors (Lipinski definition) is 4. The number of hydrogen-bond donors (Lipinski definition) is 1. The highest BCUT2D eigenvalue weighted by atomic mass is 35.5. The molecule has 2 rings (SSSR count). The molecule has 2 heterocycles. The van der Waals surface area contributed by atoms with Crippen molar-refractivity contribution in [3.63, 3.8) is 0 Å². The van der Waals surface area contributed by atoms with Crippen LogP contribution in [0.1, 0.15) is 36.8 Å². The Morgan fingerprint density at radius 1 is 1.72 bits per heavy atom. The van der Waals surface area contributed by atoms with Crippen LogP contribution in [0.4, 0.5) is 0 Å². The second kappa shape index (κ2) is 6.08. The fraction of sp³-hybridized carbons (Fsp3) is 0.667. The molecule has 6 heteroatoms. The molecule has 0 aliphatic carbocycles.